The quantitative estimate of drug-likeness (QED) is 0.768. The molecule has 132 valence electrons. The predicted molar refractivity (Wildman–Crippen MR) is 95.2 cm³/mol. The summed E-state index contributed by atoms with van der Waals surface area (Å²) in [5.74, 6) is 0.983. The van der Waals surface area contributed by atoms with Crippen molar-refractivity contribution >= 4 is 0 Å². The van der Waals surface area contributed by atoms with E-state index in [-0.39, 0.29) is 6.61 Å². The van der Waals surface area contributed by atoms with E-state index in [4.69, 9.17) is 4.74 Å². The third-order valence-electron chi connectivity index (χ3n) is 3.51. The summed E-state index contributed by atoms with van der Waals surface area (Å²) >= 11 is 0. The molecule has 0 fully saturated rings. The van der Waals surface area contributed by atoms with Crippen LogP contribution in [0.1, 0.15) is 30.8 Å². The fourth-order valence-corrected chi connectivity index (χ4v) is 2.40. The summed E-state index contributed by atoms with van der Waals surface area (Å²) in [7, 11) is 1.60. The van der Waals surface area contributed by atoms with Gasteiger partial charge in [0.25, 0.3) is 0 Å². The molecule has 0 aliphatic rings. The van der Waals surface area contributed by atoms with Crippen LogP contribution in [0.15, 0.2) is 36.5 Å². The first kappa shape index (κ1) is 18.5. The number of nitrogens with zero attached hydrogens (tertiary/aromatic N) is 5. The molecule has 2 heterocycles. The average molecular weight is 341 g/mol. The summed E-state index contributed by atoms with van der Waals surface area (Å²) in [6.07, 6.45) is 1.72. The fraction of sp³-hybridized carbons (Fsp3) is 0.333. The first-order valence-electron chi connectivity index (χ1n) is 8.17. The molecule has 0 radical (unpaired) electrons. The Balaban J connectivity index is 0.00000109. The summed E-state index contributed by atoms with van der Waals surface area (Å²) in [6, 6.07) is 10.2. The highest BCUT2D eigenvalue weighted by molar-refractivity contribution is 5.69. The van der Waals surface area contributed by atoms with Crippen LogP contribution in [0.25, 0.3) is 11.1 Å². The lowest BCUT2D eigenvalue weighted by atomic mass is 10.0. The van der Waals surface area contributed by atoms with Gasteiger partial charge in [-0.15, -0.1) is 5.10 Å². The Hall–Kier alpha value is -2.80. The van der Waals surface area contributed by atoms with E-state index < -0.39 is 0 Å². The van der Waals surface area contributed by atoms with Gasteiger partial charge in [0.05, 0.1) is 13.7 Å². The van der Waals surface area contributed by atoms with Crippen molar-refractivity contribution < 1.29 is 9.84 Å². The molecule has 7 heteroatoms. The van der Waals surface area contributed by atoms with Crippen LogP contribution in [0.4, 0.5) is 0 Å². The van der Waals surface area contributed by atoms with Crippen molar-refractivity contribution in [3.05, 3.63) is 53.5 Å². The monoisotopic (exact) mass is 341 g/mol. The van der Waals surface area contributed by atoms with Gasteiger partial charge in [-0.05, 0) is 34.5 Å². The standard InChI is InChI=1S/C16H17N5O2.C2H6/c1-11-4-3-5-13(6-11)14-7-12(8-17-16(14)23-2)9-21-15(10-22)18-19-20-21;1-2/h3-8,22H,9-10H2,1-2H3;1-2H3. The lowest BCUT2D eigenvalue weighted by molar-refractivity contribution is 0.263. The van der Waals surface area contributed by atoms with E-state index in [1.165, 1.54) is 0 Å². The number of aliphatic hydroxyl groups is 1. The smallest absolute Gasteiger partial charge is 0.221 e. The molecule has 3 aromatic rings. The van der Waals surface area contributed by atoms with Gasteiger partial charge in [-0.1, -0.05) is 43.7 Å². The molecule has 0 amide bonds. The van der Waals surface area contributed by atoms with Gasteiger partial charge in [0.1, 0.15) is 6.61 Å². The zero-order chi connectivity index (χ0) is 18.2. The number of aromatic nitrogens is 5. The van der Waals surface area contributed by atoms with Crippen molar-refractivity contribution in [2.45, 2.75) is 33.9 Å². The van der Waals surface area contributed by atoms with E-state index in [2.05, 4.69) is 26.6 Å². The van der Waals surface area contributed by atoms with E-state index >= 15 is 0 Å². The minimum absolute atomic E-state index is 0.207. The minimum atomic E-state index is -0.207. The number of aryl methyl sites for hydroxylation is 1. The highest BCUT2D eigenvalue weighted by Crippen LogP contribution is 2.29. The van der Waals surface area contributed by atoms with Crippen LogP contribution < -0.4 is 4.74 Å². The summed E-state index contributed by atoms with van der Waals surface area (Å²) in [5.41, 5.74) is 4.03. The normalized spacial score (nSPS) is 10.1. The van der Waals surface area contributed by atoms with Crippen molar-refractivity contribution in [1.29, 1.82) is 0 Å². The summed E-state index contributed by atoms with van der Waals surface area (Å²) in [4.78, 5) is 4.37. The van der Waals surface area contributed by atoms with Crippen LogP contribution in [0.2, 0.25) is 0 Å². The molecule has 0 saturated carbocycles. The molecule has 0 aliphatic heterocycles. The first-order valence-corrected chi connectivity index (χ1v) is 8.17. The molecule has 2 aromatic heterocycles. The molecule has 25 heavy (non-hydrogen) atoms. The largest absolute Gasteiger partial charge is 0.481 e. The second kappa shape index (κ2) is 8.89. The third-order valence-corrected chi connectivity index (χ3v) is 3.51. The molecule has 7 nitrogen and oxygen atoms in total. The van der Waals surface area contributed by atoms with Crippen molar-refractivity contribution in [3.8, 4) is 17.0 Å². The van der Waals surface area contributed by atoms with Gasteiger partial charge in [0.2, 0.25) is 5.88 Å². The Kier molecular flexibility index (Phi) is 6.59. The Morgan fingerprint density at radius 3 is 2.68 bits per heavy atom. The number of aliphatic hydroxyl groups excluding tert-OH is 1. The Morgan fingerprint density at radius 2 is 2.00 bits per heavy atom. The third kappa shape index (κ3) is 4.39. The van der Waals surface area contributed by atoms with Crippen LogP contribution in [-0.4, -0.2) is 37.4 Å². The van der Waals surface area contributed by atoms with Gasteiger partial charge in [0.15, 0.2) is 5.82 Å². The van der Waals surface area contributed by atoms with Gasteiger partial charge in [-0.3, -0.25) is 0 Å². The molecule has 1 aromatic carbocycles. The van der Waals surface area contributed by atoms with Crippen LogP contribution in [0.3, 0.4) is 0 Å². The van der Waals surface area contributed by atoms with Gasteiger partial charge in [-0.25, -0.2) is 9.67 Å². The lowest BCUT2D eigenvalue weighted by Gasteiger charge is -2.11. The fourth-order valence-electron chi connectivity index (χ4n) is 2.40. The van der Waals surface area contributed by atoms with Gasteiger partial charge >= 0.3 is 0 Å². The maximum atomic E-state index is 9.23. The topological polar surface area (TPSA) is 86.0 Å². The first-order chi connectivity index (χ1) is 12.2. The molecule has 3 rings (SSSR count). The average Bonchev–Trinajstić information content (AvgIpc) is 3.10. The van der Waals surface area contributed by atoms with Crippen LogP contribution in [0.5, 0.6) is 5.88 Å². The van der Waals surface area contributed by atoms with Crippen LogP contribution >= 0.6 is 0 Å². The molecule has 1 N–H and O–H groups in total. The summed E-state index contributed by atoms with van der Waals surface area (Å²) in [5, 5.41) is 20.4. The highest BCUT2D eigenvalue weighted by atomic mass is 16.5. The number of rotatable bonds is 5. The number of hydrogen-bond acceptors (Lipinski definition) is 6. The number of benzene rings is 1. The lowest BCUT2D eigenvalue weighted by Crippen LogP contribution is -2.08. The number of methoxy groups -OCH3 is 1. The van der Waals surface area contributed by atoms with E-state index in [9.17, 15) is 5.11 Å². The van der Waals surface area contributed by atoms with E-state index in [0.717, 1.165) is 22.3 Å². The van der Waals surface area contributed by atoms with E-state index in [1.807, 2.05) is 45.0 Å². The molecule has 0 spiro atoms. The maximum Gasteiger partial charge on any atom is 0.221 e. The maximum absolute atomic E-state index is 9.23. The number of tetrazole rings is 1. The van der Waals surface area contributed by atoms with Crippen LogP contribution in [0, 0.1) is 6.92 Å². The van der Waals surface area contributed by atoms with Crippen LogP contribution in [-0.2, 0) is 13.2 Å². The SMILES string of the molecule is CC.COc1ncc(Cn2nnnc2CO)cc1-c1cccc(C)c1. The van der Waals surface area contributed by atoms with Crippen molar-refractivity contribution in [2.75, 3.05) is 7.11 Å². The Bertz CT molecular complexity index is 817. The molecule has 0 atom stereocenters. The van der Waals surface area contributed by atoms with Crippen molar-refractivity contribution in [1.82, 2.24) is 25.2 Å². The molecule has 0 aliphatic carbocycles. The second-order valence-electron chi connectivity index (χ2n) is 5.18. The van der Waals surface area contributed by atoms with E-state index in [1.54, 1.807) is 18.0 Å². The minimum Gasteiger partial charge on any atom is -0.481 e. The van der Waals surface area contributed by atoms with Gasteiger partial charge in [0, 0.05) is 11.8 Å². The highest BCUT2D eigenvalue weighted by Gasteiger charge is 2.11. The Labute approximate surface area is 147 Å². The zero-order valence-corrected chi connectivity index (χ0v) is 15.0. The predicted octanol–water partition coefficient (Wildman–Crippen LogP) is 2.62. The molecule has 0 unspecified atom stereocenters. The number of pyridine rings is 1. The van der Waals surface area contributed by atoms with E-state index in [0.29, 0.717) is 18.2 Å². The van der Waals surface area contributed by atoms with Gasteiger partial charge < -0.3 is 9.84 Å². The number of hydrogen-bond donors (Lipinski definition) is 1. The molecular formula is C18H23N5O2. The summed E-state index contributed by atoms with van der Waals surface area (Å²) in [6.45, 7) is 6.27. The van der Waals surface area contributed by atoms with Gasteiger partial charge in [-0.2, -0.15) is 0 Å². The molecule has 0 saturated heterocycles. The Morgan fingerprint density at radius 1 is 1.20 bits per heavy atom. The second-order valence-corrected chi connectivity index (χ2v) is 5.18. The zero-order valence-electron chi connectivity index (χ0n) is 15.0. The summed E-state index contributed by atoms with van der Waals surface area (Å²) < 4.78 is 6.92. The van der Waals surface area contributed by atoms with Crippen molar-refractivity contribution in [3.63, 3.8) is 0 Å². The van der Waals surface area contributed by atoms with Crippen molar-refractivity contribution in [2.24, 2.45) is 0 Å². The molecule has 0 bridgehead atoms. The molecular weight excluding hydrogens is 318 g/mol. The number of ether oxygens (including phenoxy) is 1.